The predicted octanol–water partition coefficient (Wildman–Crippen LogP) is 5.83. The van der Waals surface area contributed by atoms with E-state index >= 15 is 0 Å². The van der Waals surface area contributed by atoms with Gasteiger partial charge in [-0.05, 0) is 121 Å². The Morgan fingerprint density at radius 3 is 1.66 bits per heavy atom. The van der Waals surface area contributed by atoms with Gasteiger partial charge in [-0.25, -0.2) is 13.2 Å². The molecule has 1 saturated carbocycles. The molecule has 28 heteroatoms. The largest absolute Gasteiger partial charge is 0.460 e. The molecule has 474 valence electrons. The van der Waals surface area contributed by atoms with E-state index in [1.165, 1.54) is 28.1 Å². The summed E-state index contributed by atoms with van der Waals surface area (Å²) in [4.78, 5) is 69.9. The van der Waals surface area contributed by atoms with Crippen LogP contribution in [-0.2, 0) is 37.3 Å². The van der Waals surface area contributed by atoms with Gasteiger partial charge in [0.25, 0.3) is 17.0 Å². The van der Waals surface area contributed by atoms with Crippen LogP contribution in [0.15, 0.2) is 64.2 Å². The van der Waals surface area contributed by atoms with E-state index in [9.17, 15) is 33.2 Å². The molecule has 4 fully saturated rings. The van der Waals surface area contributed by atoms with Gasteiger partial charge in [-0.3, -0.25) is 9.59 Å². The van der Waals surface area contributed by atoms with Crippen LogP contribution in [0, 0.1) is 11.8 Å². The maximum absolute atomic E-state index is 12.9. The minimum absolute atomic E-state index is 0.0220. The first-order valence-corrected chi connectivity index (χ1v) is 32.0. The number of fused-ring (bicyclic) bond motifs is 2. The van der Waals surface area contributed by atoms with Crippen molar-refractivity contribution < 1.29 is 47.8 Å². The Kier molecular flexibility index (Phi) is 21.8. The Bertz CT molecular complexity index is 3600. The molecular weight excluding hydrogens is 1140 g/mol. The van der Waals surface area contributed by atoms with Gasteiger partial charge in [0.05, 0.1) is 36.8 Å². The number of nitrogens with zero attached hydrogens (tertiary/aromatic N) is 15. The molecule has 1 unspecified atom stereocenters. The van der Waals surface area contributed by atoms with Crippen LogP contribution >= 0.6 is 0 Å². The minimum atomic E-state index is -3.69. The number of piperidine rings is 3. The Morgan fingerprint density at radius 1 is 0.667 bits per heavy atom. The van der Waals surface area contributed by atoms with Gasteiger partial charge in [0.2, 0.25) is 21.7 Å². The maximum atomic E-state index is 12.9. The number of likely N-dealkylation sites (tertiary alicyclic amines) is 3. The number of amides is 3. The number of hydrogen-bond donors (Lipinski definition) is 5. The van der Waals surface area contributed by atoms with Crippen molar-refractivity contribution in [2.45, 2.75) is 167 Å². The average molecular weight is 1230 g/mol. The van der Waals surface area contributed by atoms with Crippen molar-refractivity contribution in [1.82, 2.24) is 63.3 Å². The number of carbonyl (C=O) groups excluding carboxylic acids is 3. The first-order valence-electron chi connectivity index (χ1n) is 30.2. The third-order valence-electron chi connectivity index (χ3n) is 15.6. The van der Waals surface area contributed by atoms with Gasteiger partial charge in [-0.2, -0.15) is 58.6 Å². The van der Waals surface area contributed by atoms with E-state index in [4.69, 9.17) is 19.6 Å². The van der Waals surface area contributed by atoms with Crippen LogP contribution in [-0.4, -0.2) is 183 Å². The van der Waals surface area contributed by atoms with E-state index < -0.39 is 33.4 Å². The summed E-state index contributed by atoms with van der Waals surface area (Å²) in [5.74, 6) is -0.163. The number of nitrogens with one attached hydrogen (secondary N) is 2. The first-order chi connectivity index (χ1) is 41.3. The molecule has 0 radical (unpaired) electrons. The molecule has 9 heterocycles. The lowest BCUT2D eigenvalue weighted by molar-refractivity contribution is -0.124. The van der Waals surface area contributed by atoms with Crippen molar-refractivity contribution in [2.75, 3.05) is 70.3 Å². The summed E-state index contributed by atoms with van der Waals surface area (Å²) in [6.07, 6.45) is 17.0. The fraction of sp³-hybridized carbons (Fsp3) is 0.610. The van der Waals surface area contributed by atoms with Crippen LogP contribution in [0.1, 0.15) is 153 Å². The summed E-state index contributed by atoms with van der Waals surface area (Å²) in [6.45, 7) is 18.8. The zero-order valence-corrected chi connectivity index (χ0v) is 52.7. The van der Waals surface area contributed by atoms with Gasteiger partial charge in [0, 0.05) is 75.7 Å². The second-order valence-corrected chi connectivity index (χ2v) is 26.7. The highest BCUT2D eigenvalue weighted by molar-refractivity contribution is 7.90. The molecule has 0 aromatic carbocycles. The van der Waals surface area contributed by atoms with Gasteiger partial charge < -0.3 is 50.3 Å². The third kappa shape index (κ3) is 18.0. The number of pyridine rings is 2. The molecule has 3 amide bonds. The summed E-state index contributed by atoms with van der Waals surface area (Å²) in [5, 5.41) is 44.9. The number of rotatable bonds is 13. The fourth-order valence-electron chi connectivity index (χ4n) is 10.5. The van der Waals surface area contributed by atoms with Crippen LogP contribution in [0.4, 0.5) is 16.7 Å². The number of aliphatic hydroxyl groups excluding tert-OH is 1. The molecule has 6 aromatic rings. The number of ether oxygens (including phenoxy) is 2. The summed E-state index contributed by atoms with van der Waals surface area (Å²) >= 11 is 0. The van der Waals surface area contributed by atoms with E-state index in [0.717, 1.165) is 110 Å². The van der Waals surface area contributed by atoms with Crippen LogP contribution < -0.4 is 26.3 Å². The van der Waals surface area contributed by atoms with E-state index in [-0.39, 0.29) is 71.0 Å². The second kappa shape index (κ2) is 29.0. The lowest BCUT2D eigenvalue weighted by Crippen LogP contribution is -2.44. The summed E-state index contributed by atoms with van der Waals surface area (Å²) < 4.78 is 40.8. The predicted molar refractivity (Wildman–Crippen MR) is 323 cm³/mol. The van der Waals surface area contributed by atoms with Crippen LogP contribution in [0.3, 0.4) is 0 Å². The van der Waals surface area contributed by atoms with Gasteiger partial charge in [-0.1, -0.05) is 59.1 Å². The number of aromatic nitrogens is 10. The van der Waals surface area contributed by atoms with Gasteiger partial charge in [-0.15, -0.1) is 0 Å². The molecule has 87 heavy (non-hydrogen) atoms. The SMILES string of the molecule is CC(C)c1cnn2c(NCc3ccc(=NC(=O)C4CCCCC4)n(O)c3)nc(OC3CCN(C)CC3)nc12.CC(C)c1cnn2c(NCc3ccc(=NC(=O)C4CCCN(C(=O)OC(C)(C)C)C4)n(O)c3)nc(S(C)(=O)=O)nc12.CN1CCC(O)CC1. The molecule has 5 N–H and O–H groups in total. The quantitative estimate of drug-likeness (QED) is 0.0849. The Labute approximate surface area is 507 Å². The standard InChI is InChI=1S/C27H38N8O3.C26H36N8O6S.C6H13NO/c1-18(2)22-16-29-35-24(22)31-27(38-21-11-13-33(3)14-12-21)32-26(35)28-15-19-9-10-23(34(37)17-19)30-25(36)20-7-5-4-6-8-20;1-16(2)19-13-28-34-21(19)30-24(41(6,38)39)31-23(34)27-12-17-9-10-20(33(37)14-17)29-22(35)18-8-7-11-32(15-18)25(36)40-26(3,4)5;1-7-4-2-6(8)3-5-7/h9-10,16-18,20-21,37H,4-8,11-15H2,1-3H3,(H,28,31,32);9-10,13-14,16,18,37H,7-8,11-12,15H2,1-6H3,(H,27,30,31);6,8H,2-5H2,1H3. The highest BCUT2D eigenvalue weighted by Gasteiger charge is 2.32. The summed E-state index contributed by atoms with van der Waals surface area (Å²) in [5.41, 5.74) is 3.91. The molecule has 1 atom stereocenters. The summed E-state index contributed by atoms with van der Waals surface area (Å²) in [7, 11) is 0.517. The van der Waals surface area contributed by atoms with E-state index in [2.05, 4.69) is 83.5 Å². The smallest absolute Gasteiger partial charge is 0.410 e. The number of sulfone groups is 1. The first kappa shape index (κ1) is 65.4. The number of aliphatic hydroxyl groups is 1. The van der Waals surface area contributed by atoms with E-state index in [1.807, 2.05) is 26.1 Å². The van der Waals surface area contributed by atoms with Crippen LogP contribution in [0.2, 0.25) is 0 Å². The van der Waals surface area contributed by atoms with Crippen LogP contribution in [0.5, 0.6) is 6.01 Å². The van der Waals surface area contributed by atoms with E-state index in [1.54, 1.807) is 49.8 Å². The fourth-order valence-corrected chi connectivity index (χ4v) is 11.0. The Morgan fingerprint density at radius 2 is 1.16 bits per heavy atom. The van der Waals surface area contributed by atoms with Crippen molar-refractivity contribution in [3.63, 3.8) is 0 Å². The summed E-state index contributed by atoms with van der Waals surface area (Å²) in [6, 6.07) is 6.99. The lowest BCUT2D eigenvalue weighted by Gasteiger charge is -2.32. The zero-order valence-electron chi connectivity index (χ0n) is 51.8. The molecule has 0 spiro atoms. The monoisotopic (exact) mass is 1230 g/mol. The lowest BCUT2D eigenvalue weighted by atomic mass is 9.89. The Hall–Kier alpha value is -7.56. The van der Waals surface area contributed by atoms with Gasteiger partial charge >= 0.3 is 12.1 Å². The molecule has 10 rings (SSSR count). The van der Waals surface area contributed by atoms with Gasteiger partial charge in [0.15, 0.2) is 22.3 Å². The molecule has 6 aromatic heterocycles. The van der Waals surface area contributed by atoms with Crippen molar-refractivity contribution in [2.24, 2.45) is 21.8 Å². The van der Waals surface area contributed by atoms with Gasteiger partial charge in [0.1, 0.15) is 11.7 Å². The van der Waals surface area contributed by atoms with Crippen molar-refractivity contribution >= 4 is 50.9 Å². The topological polar surface area (TPSA) is 319 Å². The molecule has 0 bridgehead atoms. The molecule has 27 nitrogen and oxygen atoms in total. The minimum Gasteiger partial charge on any atom is -0.460 e. The molecular formula is C59H87N17O10S. The second-order valence-electron chi connectivity index (χ2n) is 24.8. The Balaban J connectivity index is 0.000000200. The molecule has 3 aliphatic heterocycles. The number of carbonyl (C=O) groups is 3. The number of hydrogen-bond acceptors (Lipinski definition) is 20. The normalized spacial score (nSPS) is 18.4. The molecule has 3 saturated heterocycles. The average Bonchev–Trinajstić information content (AvgIpc) is 2.20. The highest BCUT2D eigenvalue weighted by Crippen LogP contribution is 2.27. The number of anilines is 2. The molecule has 4 aliphatic rings. The zero-order chi connectivity index (χ0) is 62.7. The van der Waals surface area contributed by atoms with Crippen molar-refractivity contribution in [3.8, 4) is 6.01 Å². The third-order valence-corrected chi connectivity index (χ3v) is 16.5. The molecule has 1 aliphatic carbocycles. The van der Waals surface area contributed by atoms with Crippen molar-refractivity contribution in [1.29, 1.82) is 0 Å². The highest BCUT2D eigenvalue weighted by atomic mass is 32.2. The van der Waals surface area contributed by atoms with E-state index in [0.29, 0.717) is 54.7 Å². The van der Waals surface area contributed by atoms with Crippen molar-refractivity contribution in [3.05, 3.63) is 82.3 Å². The maximum Gasteiger partial charge on any atom is 0.410 e. The van der Waals surface area contributed by atoms with Crippen LogP contribution in [0.25, 0.3) is 11.3 Å².